The standard InChI is InChI=1S/C14H12ClF3N2O/c15-12-10-5-2-6-11(21)20(10)13(19-12)8-3-1-4-9(7-8)14(16,17)18/h1,3-4,7,11,21H,2,5-6H2. The van der Waals surface area contributed by atoms with E-state index in [0.29, 0.717) is 24.1 Å². The third-order valence-electron chi connectivity index (χ3n) is 3.58. The molecule has 1 aliphatic heterocycles. The fraction of sp³-hybridized carbons (Fsp3) is 0.357. The number of rotatable bonds is 1. The minimum atomic E-state index is -4.42. The molecule has 3 rings (SSSR count). The van der Waals surface area contributed by atoms with Crippen LogP contribution in [0.2, 0.25) is 5.15 Å². The van der Waals surface area contributed by atoms with Gasteiger partial charge in [0.2, 0.25) is 0 Å². The number of aliphatic hydroxyl groups is 1. The van der Waals surface area contributed by atoms with Crippen LogP contribution in [-0.2, 0) is 12.6 Å². The minimum Gasteiger partial charge on any atom is -0.373 e. The van der Waals surface area contributed by atoms with Gasteiger partial charge >= 0.3 is 6.18 Å². The highest BCUT2D eigenvalue weighted by atomic mass is 35.5. The van der Waals surface area contributed by atoms with E-state index in [0.717, 1.165) is 18.6 Å². The van der Waals surface area contributed by atoms with Crippen LogP contribution in [-0.4, -0.2) is 14.7 Å². The maximum absolute atomic E-state index is 12.8. The smallest absolute Gasteiger partial charge is 0.373 e. The zero-order valence-corrected chi connectivity index (χ0v) is 11.6. The summed E-state index contributed by atoms with van der Waals surface area (Å²) in [5.74, 6) is 0.272. The van der Waals surface area contributed by atoms with E-state index in [-0.39, 0.29) is 11.0 Å². The Morgan fingerprint density at radius 2 is 2.10 bits per heavy atom. The van der Waals surface area contributed by atoms with Crippen molar-refractivity contribution in [3.8, 4) is 11.4 Å². The molecule has 2 aromatic rings. The molecule has 1 aliphatic rings. The number of aromatic nitrogens is 2. The first-order valence-corrected chi connectivity index (χ1v) is 6.88. The zero-order valence-electron chi connectivity index (χ0n) is 10.9. The largest absolute Gasteiger partial charge is 0.416 e. The molecule has 1 aromatic heterocycles. The van der Waals surface area contributed by atoms with Crippen molar-refractivity contribution in [2.45, 2.75) is 31.7 Å². The normalized spacial score (nSPS) is 18.6. The number of imidazole rings is 1. The van der Waals surface area contributed by atoms with Crippen molar-refractivity contribution in [2.75, 3.05) is 0 Å². The molecule has 2 heterocycles. The molecule has 1 N–H and O–H groups in total. The lowest BCUT2D eigenvalue weighted by atomic mass is 10.1. The minimum absolute atomic E-state index is 0.237. The summed E-state index contributed by atoms with van der Waals surface area (Å²) in [7, 11) is 0. The molecule has 0 radical (unpaired) electrons. The van der Waals surface area contributed by atoms with Crippen molar-refractivity contribution in [3.05, 3.63) is 40.7 Å². The maximum Gasteiger partial charge on any atom is 0.416 e. The molecule has 0 saturated heterocycles. The van der Waals surface area contributed by atoms with Gasteiger partial charge in [0.15, 0.2) is 5.15 Å². The van der Waals surface area contributed by atoms with Crippen molar-refractivity contribution >= 4 is 11.6 Å². The Kier molecular flexibility index (Phi) is 3.45. The van der Waals surface area contributed by atoms with E-state index < -0.39 is 18.0 Å². The highest BCUT2D eigenvalue weighted by Crippen LogP contribution is 2.36. The SMILES string of the molecule is OC1CCCc2c(Cl)nc(-c3cccc(C(F)(F)F)c3)n21. The highest BCUT2D eigenvalue weighted by molar-refractivity contribution is 6.30. The molecule has 0 saturated carbocycles. The summed E-state index contributed by atoms with van der Waals surface area (Å²) in [6.45, 7) is 0. The fourth-order valence-electron chi connectivity index (χ4n) is 2.60. The fourth-order valence-corrected chi connectivity index (χ4v) is 2.87. The van der Waals surface area contributed by atoms with Gasteiger partial charge in [0, 0.05) is 5.56 Å². The number of fused-ring (bicyclic) bond motifs is 1. The summed E-state index contributed by atoms with van der Waals surface area (Å²) < 4.78 is 39.9. The number of aliphatic hydroxyl groups excluding tert-OH is 1. The van der Waals surface area contributed by atoms with E-state index in [1.807, 2.05) is 0 Å². The van der Waals surface area contributed by atoms with Crippen LogP contribution in [0.15, 0.2) is 24.3 Å². The first-order valence-electron chi connectivity index (χ1n) is 6.50. The number of hydrogen-bond donors (Lipinski definition) is 1. The van der Waals surface area contributed by atoms with Crippen LogP contribution in [0.4, 0.5) is 13.2 Å². The van der Waals surface area contributed by atoms with E-state index in [4.69, 9.17) is 11.6 Å². The predicted molar refractivity (Wildman–Crippen MR) is 71.9 cm³/mol. The molecular formula is C14H12ClF3N2O. The summed E-state index contributed by atoms with van der Waals surface area (Å²) in [4.78, 5) is 4.14. The van der Waals surface area contributed by atoms with Crippen LogP contribution in [0.3, 0.4) is 0 Å². The number of alkyl halides is 3. The van der Waals surface area contributed by atoms with Gasteiger partial charge in [-0.1, -0.05) is 23.7 Å². The van der Waals surface area contributed by atoms with Crippen molar-refractivity contribution in [3.63, 3.8) is 0 Å². The number of nitrogens with zero attached hydrogens (tertiary/aromatic N) is 2. The average molecular weight is 317 g/mol. The zero-order chi connectivity index (χ0) is 15.2. The molecule has 21 heavy (non-hydrogen) atoms. The third kappa shape index (κ3) is 2.53. The molecule has 112 valence electrons. The average Bonchev–Trinajstić information content (AvgIpc) is 2.77. The van der Waals surface area contributed by atoms with E-state index in [2.05, 4.69) is 4.98 Å². The Morgan fingerprint density at radius 1 is 1.33 bits per heavy atom. The van der Waals surface area contributed by atoms with Crippen molar-refractivity contribution in [2.24, 2.45) is 0 Å². The van der Waals surface area contributed by atoms with Crippen molar-refractivity contribution in [1.29, 1.82) is 0 Å². The van der Waals surface area contributed by atoms with Crippen LogP contribution < -0.4 is 0 Å². The third-order valence-corrected chi connectivity index (χ3v) is 3.89. The first kappa shape index (κ1) is 14.4. The van der Waals surface area contributed by atoms with Crippen LogP contribution in [0, 0.1) is 0 Å². The van der Waals surface area contributed by atoms with Gasteiger partial charge in [-0.3, -0.25) is 0 Å². The molecule has 1 unspecified atom stereocenters. The Hall–Kier alpha value is -1.53. The van der Waals surface area contributed by atoms with Crippen LogP contribution >= 0.6 is 11.6 Å². The molecular weight excluding hydrogens is 305 g/mol. The monoisotopic (exact) mass is 316 g/mol. The predicted octanol–water partition coefficient (Wildman–Crippen LogP) is 4.05. The molecule has 0 bridgehead atoms. The summed E-state index contributed by atoms with van der Waals surface area (Å²) in [6.07, 6.45) is -3.27. The van der Waals surface area contributed by atoms with Crippen LogP contribution in [0.5, 0.6) is 0 Å². The van der Waals surface area contributed by atoms with Gasteiger partial charge in [-0.15, -0.1) is 0 Å². The van der Waals surface area contributed by atoms with Gasteiger partial charge in [0.05, 0.1) is 11.3 Å². The van der Waals surface area contributed by atoms with Gasteiger partial charge in [-0.25, -0.2) is 4.98 Å². The summed E-state index contributed by atoms with van der Waals surface area (Å²) in [5, 5.41) is 10.3. The molecule has 7 heteroatoms. The van der Waals surface area contributed by atoms with Crippen molar-refractivity contribution in [1.82, 2.24) is 9.55 Å². The van der Waals surface area contributed by atoms with E-state index >= 15 is 0 Å². The first-order chi connectivity index (χ1) is 9.88. The lowest BCUT2D eigenvalue weighted by Crippen LogP contribution is -2.18. The van der Waals surface area contributed by atoms with Gasteiger partial charge in [0.25, 0.3) is 0 Å². The van der Waals surface area contributed by atoms with Gasteiger partial charge < -0.3 is 9.67 Å². The molecule has 1 aromatic carbocycles. The molecule has 0 spiro atoms. The van der Waals surface area contributed by atoms with Gasteiger partial charge in [0.1, 0.15) is 12.1 Å². The number of hydrogen-bond acceptors (Lipinski definition) is 2. The highest BCUT2D eigenvalue weighted by Gasteiger charge is 2.31. The second kappa shape index (κ2) is 5.03. The van der Waals surface area contributed by atoms with Crippen LogP contribution in [0.25, 0.3) is 11.4 Å². The molecule has 0 amide bonds. The Labute approximate surface area is 124 Å². The second-order valence-corrected chi connectivity index (χ2v) is 5.35. The topological polar surface area (TPSA) is 38.1 Å². The summed E-state index contributed by atoms with van der Waals surface area (Å²) in [5.41, 5.74) is 0.209. The molecule has 0 fully saturated rings. The van der Waals surface area contributed by atoms with E-state index in [9.17, 15) is 18.3 Å². The second-order valence-electron chi connectivity index (χ2n) is 4.99. The lowest BCUT2D eigenvalue weighted by Gasteiger charge is -2.23. The lowest BCUT2D eigenvalue weighted by molar-refractivity contribution is -0.137. The summed E-state index contributed by atoms with van der Waals surface area (Å²) in [6, 6.07) is 4.88. The van der Waals surface area contributed by atoms with Gasteiger partial charge in [-0.2, -0.15) is 13.2 Å². The van der Waals surface area contributed by atoms with Crippen molar-refractivity contribution < 1.29 is 18.3 Å². The Bertz CT molecular complexity index is 681. The quantitative estimate of drug-likeness (QED) is 0.862. The summed E-state index contributed by atoms with van der Waals surface area (Å²) >= 11 is 6.04. The van der Waals surface area contributed by atoms with E-state index in [1.165, 1.54) is 16.7 Å². The molecule has 3 nitrogen and oxygen atoms in total. The van der Waals surface area contributed by atoms with Gasteiger partial charge in [-0.05, 0) is 31.4 Å². The molecule has 0 aliphatic carbocycles. The Balaban J connectivity index is 2.14. The van der Waals surface area contributed by atoms with Crippen LogP contribution in [0.1, 0.15) is 30.3 Å². The maximum atomic E-state index is 12.8. The Morgan fingerprint density at radius 3 is 2.81 bits per heavy atom. The molecule has 1 atom stereocenters. The van der Waals surface area contributed by atoms with E-state index in [1.54, 1.807) is 0 Å². The number of benzene rings is 1. The number of halogens is 4.